The molecule has 1 unspecified atom stereocenters. The van der Waals surface area contributed by atoms with Gasteiger partial charge >= 0.3 is 0 Å². The predicted molar refractivity (Wildman–Crippen MR) is 100 cm³/mol. The molecule has 0 bridgehead atoms. The maximum atomic E-state index is 12.6. The quantitative estimate of drug-likeness (QED) is 0.796. The van der Waals surface area contributed by atoms with Gasteiger partial charge in [-0.25, -0.2) is 0 Å². The summed E-state index contributed by atoms with van der Waals surface area (Å²) < 4.78 is 16.9. The van der Waals surface area contributed by atoms with E-state index in [1.165, 1.54) is 0 Å². The number of benzene rings is 2. The van der Waals surface area contributed by atoms with E-state index in [9.17, 15) is 4.79 Å². The Hall–Kier alpha value is -2.40. The number of ether oxygens (including phenoxy) is 3. The summed E-state index contributed by atoms with van der Waals surface area (Å²) in [7, 11) is 1.76. The number of carbonyl (C=O) groups excluding carboxylic acids is 1. The maximum absolute atomic E-state index is 12.6. The molecular formula is C20H22ClNO4. The Morgan fingerprint density at radius 1 is 1.19 bits per heavy atom. The molecule has 1 heterocycles. The number of aryl methyl sites for hydroxylation is 1. The SMILES string of the molecule is Cc1cc(Cl)ccc1OC(C)C(=O)N(C)Cc1ccc2c(c1)OCCO2. The normalized spacial score (nSPS) is 13.8. The second-order valence-electron chi connectivity index (χ2n) is 6.34. The highest BCUT2D eigenvalue weighted by Gasteiger charge is 2.21. The van der Waals surface area contributed by atoms with E-state index < -0.39 is 6.10 Å². The fraction of sp³-hybridized carbons (Fsp3) is 0.350. The highest BCUT2D eigenvalue weighted by molar-refractivity contribution is 6.30. The molecule has 1 aliphatic rings. The summed E-state index contributed by atoms with van der Waals surface area (Å²) >= 11 is 5.96. The summed E-state index contributed by atoms with van der Waals surface area (Å²) in [5, 5.41) is 0.643. The van der Waals surface area contributed by atoms with Gasteiger partial charge in [-0.15, -0.1) is 0 Å². The zero-order valence-corrected chi connectivity index (χ0v) is 15.9. The van der Waals surface area contributed by atoms with Crippen molar-refractivity contribution in [2.75, 3.05) is 20.3 Å². The van der Waals surface area contributed by atoms with Crippen LogP contribution in [0.2, 0.25) is 5.02 Å². The zero-order chi connectivity index (χ0) is 18.7. The Morgan fingerprint density at radius 3 is 2.65 bits per heavy atom. The van der Waals surface area contributed by atoms with E-state index in [0.29, 0.717) is 30.5 Å². The van der Waals surface area contributed by atoms with Gasteiger partial charge in [0, 0.05) is 18.6 Å². The Kier molecular flexibility index (Phi) is 5.57. The number of fused-ring (bicyclic) bond motifs is 1. The summed E-state index contributed by atoms with van der Waals surface area (Å²) in [6, 6.07) is 11.1. The van der Waals surface area contributed by atoms with Crippen LogP contribution in [0.4, 0.5) is 0 Å². The standard InChI is InChI=1S/C20H22ClNO4/c1-13-10-16(21)5-7-17(13)26-14(2)20(23)22(3)12-15-4-6-18-19(11-15)25-9-8-24-18/h4-7,10-11,14H,8-9,12H2,1-3H3. The van der Waals surface area contributed by atoms with Gasteiger partial charge in [0.15, 0.2) is 17.6 Å². The van der Waals surface area contributed by atoms with E-state index in [-0.39, 0.29) is 5.91 Å². The van der Waals surface area contributed by atoms with Gasteiger partial charge in [-0.05, 0) is 55.3 Å². The van der Waals surface area contributed by atoms with Crippen molar-refractivity contribution in [1.29, 1.82) is 0 Å². The summed E-state index contributed by atoms with van der Waals surface area (Å²) in [5.74, 6) is 2.01. The molecule has 1 aliphatic heterocycles. The molecule has 2 aromatic carbocycles. The second-order valence-corrected chi connectivity index (χ2v) is 6.78. The van der Waals surface area contributed by atoms with Gasteiger partial charge in [0.05, 0.1) is 0 Å². The van der Waals surface area contributed by atoms with Crippen LogP contribution in [-0.4, -0.2) is 37.2 Å². The van der Waals surface area contributed by atoms with Crippen LogP contribution in [0, 0.1) is 6.92 Å². The molecule has 0 aromatic heterocycles. The van der Waals surface area contributed by atoms with Gasteiger partial charge < -0.3 is 19.1 Å². The first kappa shape index (κ1) is 18.4. The molecule has 138 valence electrons. The molecule has 3 rings (SSSR count). The van der Waals surface area contributed by atoms with Crippen LogP contribution in [0.1, 0.15) is 18.1 Å². The average Bonchev–Trinajstić information content (AvgIpc) is 2.63. The molecule has 1 amide bonds. The topological polar surface area (TPSA) is 48.0 Å². The Balaban J connectivity index is 1.63. The lowest BCUT2D eigenvalue weighted by molar-refractivity contribution is -0.137. The number of hydrogen-bond donors (Lipinski definition) is 0. The minimum Gasteiger partial charge on any atom is -0.486 e. The number of nitrogens with zero attached hydrogens (tertiary/aromatic N) is 1. The third kappa shape index (κ3) is 4.22. The first-order chi connectivity index (χ1) is 12.4. The van der Waals surface area contributed by atoms with Gasteiger partial charge in [-0.1, -0.05) is 17.7 Å². The van der Waals surface area contributed by atoms with E-state index in [1.54, 1.807) is 31.0 Å². The van der Waals surface area contributed by atoms with Gasteiger partial charge in [-0.3, -0.25) is 4.79 Å². The smallest absolute Gasteiger partial charge is 0.263 e. The maximum Gasteiger partial charge on any atom is 0.263 e. The van der Waals surface area contributed by atoms with Crippen LogP contribution in [0.25, 0.3) is 0 Å². The highest BCUT2D eigenvalue weighted by Crippen LogP contribution is 2.31. The molecule has 0 radical (unpaired) electrons. The summed E-state index contributed by atoms with van der Waals surface area (Å²) in [6.45, 7) is 5.21. The number of carbonyl (C=O) groups is 1. The van der Waals surface area contributed by atoms with Crippen molar-refractivity contribution >= 4 is 17.5 Å². The van der Waals surface area contributed by atoms with Crippen molar-refractivity contribution in [1.82, 2.24) is 4.90 Å². The Labute approximate surface area is 158 Å². The van der Waals surface area contributed by atoms with E-state index in [0.717, 1.165) is 22.6 Å². The van der Waals surface area contributed by atoms with Crippen LogP contribution < -0.4 is 14.2 Å². The summed E-state index contributed by atoms with van der Waals surface area (Å²) in [5.41, 5.74) is 1.87. The minimum atomic E-state index is -0.600. The van der Waals surface area contributed by atoms with Gasteiger partial charge in [-0.2, -0.15) is 0 Å². The third-order valence-electron chi connectivity index (χ3n) is 4.19. The number of rotatable bonds is 5. The van der Waals surface area contributed by atoms with Gasteiger partial charge in [0.2, 0.25) is 0 Å². The van der Waals surface area contributed by atoms with Crippen molar-refractivity contribution < 1.29 is 19.0 Å². The molecule has 0 saturated heterocycles. The molecule has 2 aromatic rings. The van der Waals surface area contributed by atoms with Crippen molar-refractivity contribution in [2.45, 2.75) is 26.5 Å². The molecule has 0 saturated carbocycles. The monoisotopic (exact) mass is 375 g/mol. The fourth-order valence-corrected chi connectivity index (χ4v) is 3.06. The number of likely N-dealkylation sites (N-methyl/N-ethyl adjacent to an activating group) is 1. The van der Waals surface area contributed by atoms with Crippen LogP contribution in [0.5, 0.6) is 17.2 Å². The molecule has 0 fully saturated rings. The van der Waals surface area contributed by atoms with Crippen LogP contribution >= 0.6 is 11.6 Å². The molecule has 0 spiro atoms. The molecule has 26 heavy (non-hydrogen) atoms. The summed E-state index contributed by atoms with van der Waals surface area (Å²) in [6.07, 6.45) is -0.600. The third-order valence-corrected chi connectivity index (χ3v) is 4.43. The molecule has 0 aliphatic carbocycles. The molecule has 0 N–H and O–H groups in total. The first-order valence-corrected chi connectivity index (χ1v) is 8.88. The summed E-state index contributed by atoms with van der Waals surface area (Å²) in [4.78, 5) is 14.3. The lowest BCUT2D eigenvalue weighted by Crippen LogP contribution is -2.37. The van der Waals surface area contributed by atoms with Crippen LogP contribution in [0.15, 0.2) is 36.4 Å². The predicted octanol–water partition coefficient (Wildman–Crippen LogP) is 3.85. The molecule has 5 nitrogen and oxygen atoms in total. The fourth-order valence-electron chi connectivity index (χ4n) is 2.83. The first-order valence-electron chi connectivity index (χ1n) is 8.50. The zero-order valence-electron chi connectivity index (χ0n) is 15.1. The lowest BCUT2D eigenvalue weighted by Gasteiger charge is -2.24. The number of hydrogen-bond acceptors (Lipinski definition) is 4. The Morgan fingerprint density at radius 2 is 1.92 bits per heavy atom. The molecule has 6 heteroatoms. The van der Waals surface area contributed by atoms with E-state index >= 15 is 0 Å². The van der Waals surface area contributed by atoms with E-state index in [1.807, 2.05) is 31.2 Å². The van der Waals surface area contributed by atoms with Crippen LogP contribution in [-0.2, 0) is 11.3 Å². The molecule has 1 atom stereocenters. The van der Waals surface area contributed by atoms with Crippen LogP contribution in [0.3, 0.4) is 0 Å². The molecular weight excluding hydrogens is 354 g/mol. The van der Waals surface area contributed by atoms with E-state index in [2.05, 4.69) is 0 Å². The van der Waals surface area contributed by atoms with Crippen molar-refractivity contribution in [3.05, 3.63) is 52.5 Å². The van der Waals surface area contributed by atoms with Gasteiger partial charge in [0.1, 0.15) is 19.0 Å². The number of halogens is 1. The highest BCUT2D eigenvalue weighted by atomic mass is 35.5. The van der Waals surface area contributed by atoms with Crippen molar-refractivity contribution in [3.63, 3.8) is 0 Å². The van der Waals surface area contributed by atoms with Gasteiger partial charge in [0.25, 0.3) is 5.91 Å². The Bertz CT molecular complexity index is 808. The largest absolute Gasteiger partial charge is 0.486 e. The van der Waals surface area contributed by atoms with Crippen molar-refractivity contribution in [3.8, 4) is 17.2 Å². The minimum absolute atomic E-state index is 0.103. The lowest BCUT2D eigenvalue weighted by atomic mass is 10.1. The number of amides is 1. The average molecular weight is 376 g/mol. The second kappa shape index (κ2) is 7.87. The van der Waals surface area contributed by atoms with E-state index in [4.69, 9.17) is 25.8 Å². The van der Waals surface area contributed by atoms with Crippen molar-refractivity contribution in [2.24, 2.45) is 0 Å².